The van der Waals surface area contributed by atoms with Crippen molar-refractivity contribution in [2.75, 3.05) is 6.54 Å². The molecule has 1 aromatic rings. The third-order valence-electron chi connectivity index (χ3n) is 3.31. The molecule has 0 aromatic heterocycles. The Morgan fingerprint density at radius 2 is 2.12 bits per heavy atom. The maximum Gasteiger partial charge on any atom is 0.237 e. The second-order valence-electron chi connectivity index (χ2n) is 4.79. The second kappa shape index (κ2) is 5.32. The first-order chi connectivity index (χ1) is 8.16. The molecule has 2 atom stereocenters. The topological polar surface area (TPSA) is 41.1 Å². The Morgan fingerprint density at radius 1 is 1.41 bits per heavy atom. The van der Waals surface area contributed by atoms with E-state index >= 15 is 0 Å². The summed E-state index contributed by atoms with van der Waals surface area (Å²) in [5.74, 6) is 0.121. The highest BCUT2D eigenvalue weighted by atomic mass is 16.2. The Bertz CT molecular complexity index is 380. The van der Waals surface area contributed by atoms with Crippen LogP contribution in [-0.4, -0.2) is 18.5 Å². The van der Waals surface area contributed by atoms with E-state index in [4.69, 9.17) is 0 Å². The number of benzene rings is 1. The molecule has 3 heteroatoms. The number of nitrogens with one attached hydrogen (secondary N) is 2. The van der Waals surface area contributed by atoms with E-state index in [1.54, 1.807) is 0 Å². The lowest BCUT2D eigenvalue weighted by molar-refractivity contribution is -0.123. The lowest BCUT2D eigenvalue weighted by Crippen LogP contribution is -2.41. The number of carbonyl (C=O) groups excluding carboxylic acids is 1. The normalized spacial score (nSPS) is 21.2. The minimum atomic E-state index is 0.00268. The molecule has 1 aliphatic rings. The zero-order valence-electron chi connectivity index (χ0n) is 10.5. The molecule has 0 aliphatic carbocycles. The first kappa shape index (κ1) is 12.1. The van der Waals surface area contributed by atoms with E-state index in [1.165, 1.54) is 5.56 Å². The quantitative estimate of drug-likeness (QED) is 0.836. The summed E-state index contributed by atoms with van der Waals surface area (Å²) in [4.78, 5) is 11.9. The molecule has 2 N–H and O–H groups in total. The van der Waals surface area contributed by atoms with Crippen molar-refractivity contribution in [1.82, 2.24) is 10.6 Å². The van der Waals surface area contributed by atoms with Gasteiger partial charge in [-0.3, -0.25) is 4.79 Å². The first-order valence-electron chi connectivity index (χ1n) is 6.27. The fraction of sp³-hybridized carbons (Fsp3) is 0.500. The molecule has 1 heterocycles. The number of aryl methyl sites for hydroxylation is 1. The third kappa shape index (κ3) is 3.07. The number of rotatable bonds is 3. The Hall–Kier alpha value is -1.35. The fourth-order valence-corrected chi connectivity index (χ4v) is 2.16. The van der Waals surface area contributed by atoms with Crippen molar-refractivity contribution in [2.45, 2.75) is 38.8 Å². The monoisotopic (exact) mass is 232 g/mol. The van der Waals surface area contributed by atoms with Gasteiger partial charge in [0.05, 0.1) is 12.1 Å². The Kier molecular flexibility index (Phi) is 3.79. The van der Waals surface area contributed by atoms with Crippen LogP contribution in [0.5, 0.6) is 0 Å². The molecule has 1 aromatic carbocycles. The van der Waals surface area contributed by atoms with Gasteiger partial charge in [0.1, 0.15) is 0 Å². The molecule has 1 unspecified atom stereocenters. The smallest absolute Gasteiger partial charge is 0.237 e. The maximum atomic E-state index is 11.9. The summed E-state index contributed by atoms with van der Waals surface area (Å²) < 4.78 is 0. The summed E-state index contributed by atoms with van der Waals surface area (Å²) in [7, 11) is 0. The third-order valence-corrected chi connectivity index (χ3v) is 3.31. The lowest BCUT2D eigenvalue weighted by Gasteiger charge is -2.17. The van der Waals surface area contributed by atoms with Crippen molar-refractivity contribution in [1.29, 1.82) is 0 Å². The van der Waals surface area contributed by atoms with E-state index in [9.17, 15) is 4.79 Å². The molecule has 3 nitrogen and oxygen atoms in total. The highest BCUT2D eigenvalue weighted by molar-refractivity contribution is 5.82. The van der Waals surface area contributed by atoms with E-state index < -0.39 is 0 Å². The van der Waals surface area contributed by atoms with Crippen molar-refractivity contribution >= 4 is 5.91 Å². The van der Waals surface area contributed by atoms with Crippen LogP contribution in [0.4, 0.5) is 0 Å². The average molecular weight is 232 g/mol. The van der Waals surface area contributed by atoms with E-state index in [-0.39, 0.29) is 18.0 Å². The number of carbonyl (C=O) groups is 1. The Labute approximate surface area is 103 Å². The van der Waals surface area contributed by atoms with Crippen LogP contribution in [-0.2, 0) is 4.79 Å². The van der Waals surface area contributed by atoms with Gasteiger partial charge in [0, 0.05) is 0 Å². The molecule has 0 radical (unpaired) electrons. The van der Waals surface area contributed by atoms with Crippen molar-refractivity contribution in [3.05, 3.63) is 35.4 Å². The Morgan fingerprint density at radius 3 is 2.71 bits per heavy atom. The molecular weight excluding hydrogens is 212 g/mol. The van der Waals surface area contributed by atoms with Gasteiger partial charge in [0.15, 0.2) is 0 Å². The van der Waals surface area contributed by atoms with Crippen LogP contribution < -0.4 is 10.6 Å². The molecular formula is C14H20N2O. The van der Waals surface area contributed by atoms with Crippen LogP contribution in [0.15, 0.2) is 24.3 Å². The molecule has 0 spiro atoms. The van der Waals surface area contributed by atoms with Gasteiger partial charge >= 0.3 is 0 Å². The molecule has 1 aliphatic heterocycles. The predicted molar refractivity (Wildman–Crippen MR) is 68.8 cm³/mol. The predicted octanol–water partition coefficient (Wildman–Crippen LogP) is 1.92. The standard InChI is InChI=1S/C14H20N2O/c1-10-5-7-12(8-6-10)11(2)16-14(17)13-4-3-9-15-13/h5-8,11,13,15H,3-4,9H2,1-2H3,(H,16,17)/t11-,13?/m0/s1. The van der Waals surface area contributed by atoms with E-state index in [0.717, 1.165) is 24.9 Å². The second-order valence-corrected chi connectivity index (χ2v) is 4.79. The molecule has 1 fully saturated rings. The van der Waals surface area contributed by atoms with Crippen LogP contribution in [0.1, 0.15) is 36.9 Å². The fourth-order valence-electron chi connectivity index (χ4n) is 2.16. The van der Waals surface area contributed by atoms with Gasteiger partial charge in [0.2, 0.25) is 5.91 Å². The summed E-state index contributed by atoms with van der Waals surface area (Å²) >= 11 is 0. The van der Waals surface area contributed by atoms with Crippen LogP contribution >= 0.6 is 0 Å². The highest BCUT2D eigenvalue weighted by Gasteiger charge is 2.23. The molecule has 1 amide bonds. The van der Waals surface area contributed by atoms with E-state index in [2.05, 4.69) is 41.8 Å². The number of hydrogen-bond acceptors (Lipinski definition) is 2. The Balaban J connectivity index is 1.93. The molecule has 1 saturated heterocycles. The van der Waals surface area contributed by atoms with Crippen LogP contribution in [0.25, 0.3) is 0 Å². The summed E-state index contributed by atoms with van der Waals surface area (Å²) in [6, 6.07) is 8.37. The molecule has 92 valence electrons. The molecule has 2 rings (SSSR count). The minimum absolute atomic E-state index is 0.00268. The summed E-state index contributed by atoms with van der Waals surface area (Å²) in [5.41, 5.74) is 2.40. The van der Waals surface area contributed by atoms with Crippen molar-refractivity contribution < 1.29 is 4.79 Å². The molecule has 0 bridgehead atoms. The zero-order valence-corrected chi connectivity index (χ0v) is 10.5. The summed E-state index contributed by atoms with van der Waals surface area (Å²) in [5, 5.41) is 6.27. The number of amides is 1. The van der Waals surface area contributed by atoms with Gasteiger partial charge in [0.25, 0.3) is 0 Å². The van der Waals surface area contributed by atoms with Gasteiger partial charge in [-0.05, 0) is 38.8 Å². The zero-order chi connectivity index (χ0) is 12.3. The van der Waals surface area contributed by atoms with Crippen LogP contribution in [0, 0.1) is 6.92 Å². The van der Waals surface area contributed by atoms with Gasteiger partial charge in [-0.2, -0.15) is 0 Å². The molecule has 17 heavy (non-hydrogen) atoms. The van der Waals surface area contributed by atoms with Crippen molar-refractivity contribution in [2.24, 2.45) is 0 Å². The largest absolute Gasteiger partial charge is 0.348 e. The lowest BCUT2D eigenvalue weighted by atomic mass is 10.1. The van der Waals surface area contributed by atoms with Gasteiger partial charge in [-0.1, -0.05) is 29.8 Å². The molecule has 0 saturated carbocycles. The number of hydrogen-bond donors (Lipinski definition) is 2. The first-order valence-corrected chi connectivity index (χ1v) is 6.27. The van der Waals surface area contributed by atoms with Gasteiger partial charge in [-0.25, -0.2) is 0 Å². The van der Waals surface area contributed by atoms with E-state index in [1.807, 2.05) is 6.92 Å². The van der Waals surface area contributed by atoms with Crippen molar-refractivity contribution in [3.8, 4) is 0 Å². The SMILES string of the molecule is Cc1ccc([C@H](C)NC(=O)C2CCCN2)cc1. The van der Waals surface area contributed by atoms with Crippen LogP contribution in [0.3, 0.4) is 0 Å². The summed E-state index contributed by atoms with van der Waals surface area (Å²) in [6.45, 7) is 5.05. The average Bonchev–Trinajstić information content (AvgIpc) is 2.83. The van der Waals surface area contributed by atoms with Crippen LogP contribution in [0.2, 0.25) is 0 Å². The highest BCUT2D eigenvalue weighted by Crippen LogP contribution is 2.14. The van der Waals surface area contributed by atoms with Gasteiger partial charge < -0.3 is 10.6 Å². The minimum Gasteiger partial charge on any atom is -0.348 e. The maximum absolute atomic E-state index is 11.9. The van der Waals surface area contributed by atoms with Crippen molar-refractivity contribution in [3.63, 3.8) is 0 Å². The van der Waals surface area contributed by atoms with Gasteiger partial charge in [-0.15, -0.1) is 0 Å². The van der Waals surface area contributed by atoms with E-state index in [0.29, 0.717) is 0 Å². The summed E-state index contributed by atoms with van der Waals surface area (Å²) in [6.07, 6.45) is 2.05.